The van der Waals surface area contributed by atoms with Crippen molar-refractivity contribution in [1.82, 2.24) is 5.32 Å². The van der Waals surface area contributed by atoms with E-state index in [0.717, 1.165) is 50.3 Å². The van der Waals surface area contributed by atoms with Crippen LogP contribution in [0.1, 0.15) is 25.3 Å². The number of rotatable bonds is 2. The van der Waals surface area contributed by atoms with Gasteiger partial charge in [-0.3, -0.25) is 0 Å². The highest BCUT2D eigenvalue weighted by Crippen LogP contribution is 2.30. The summed E-state index contributed by atoms with van der Waals surface area (Å²) in [5, 5.41) is 3.44. The van der Waals surface area contributed by atoms with E-state index in [1.807, 2.05) is 0 Å². The summed E-state index contributed by atoms with van der Waals surface area (Å²) >= 11 is 0. The molecule has 1 aliphatic rings. The molecule has 0 spiro atoms. The summed E-state index contributed by atoms with van der Waals surface area (Å²) in [6, 6.07) is 5.87. The van der Waals surface area contributed by atoms with Crippen molar-refractivity contribution < 1.29 is 13.2 Å². The van der Waals surface area contributed by atoms with E-state index in [-0.39, 0.29) is 0 Å². The van der Waals surface area contributed by atoms with Crippen LogP contribution < -0.4 is 10.2 Å². The second-order valence-electron chi connectivity index (χ2n) is 4.90. The molecule has 1 saturated heterocycles. The Kier molecular flexibility index (Phi) is 4.34. The molecule has 1 unspecified atom stereocenters. The number of halogens is 3. The first-order valence-corrected chi connectivity index (χ1v) is 6.66. The fourth-order valence-corrected chi connectivity index (χ4v) is 2.37. The fourth-order valence-electron chi connectivity index (χ4n) is 2.37. The average molecular weight is 272 g/mol. The normalized spacial score (nSPS) is 21.3. The highest BCUT2D eigenvalue weighted by molar-refractivity contribution is 5.48. The van der Waals surface area contributed by atoms with E-state index in [0.29, 0.717) is 6.04 Å². The molecule has 1 N–H and O–H groups in total. The Morgan fingerprint density at radius 1 is 1.26 bits per heavy atom. The molecule has 1 aliphatic heterocycles. The standard InChI is InChI=1S/C14H19F3N2/c1-2-12-10-19(9-3-8-18-12)13-6-4-11(5-7-13)14(15,16)17/h4-7,12,18H,2-3,8-10H2,1H3. The topological polar surface area (TPSA) is 15.3 Å². The largest absolute Gasteiger partial charge is 0.416 e. The van der Waals surface area contributed by atoms with Crippen molar-refractivity contribution in [3.05, 3.63) is 29.8 Å². The van der Waals surface area contributed by atoms with Crippen LogP contribution in [0.25, 0.3) is 0 Å². The molecule has 5 heteroatoms. The predicted octanol–water partition coefficient (Wildman–Crippen LogP) is 3.28. The van der Waals surface area contributed by atoms with E-state index in [4.69, 9.17) is 0 Å². The Bertz CT molecular complexity index is 400. The van der Waals surface area contributed by atoms with Crippen LogP contribution >= 0.6 is 0 Å². The quantitative estimate of drug-likeness (QED) is 0.888. The van der Waals surface area contributed by atoms with Gasteiger partial charge in [0.25, 0.3) is 0 Å². The van der Waals surface area contributed by atoms with E-state index in [2.05, 4.69) is 17.1 Å². The molecule has 0 aliphatic carbocycles. The Morgan fingerprint density at radius 2 is 1.95 bits per heavy atom. The van der Waals surface area contributed by atoms with Gasteiger partial charge in [0.05, 0.1) is 5.56 Å². The number of nitrogens with one attached hydrogen (secondary N) is 1. The van der Waals surface area contributed by atoms with Gasteiger partial charge in [-0.05, 0) is 43.7 Å². The molecule has 0 saturated carbocycles. The first-order valence-electron chi connectivity index (χ1n) is 6.66. The Morgan fingerprint density at radius 3 is 2.53 bits per heavy atom. The third kappa shape index (κ3) is 3.62. The van der Waals surface area contributed by atoms with Crippen LogP contribution in [0.2, 0.25) is 0 Å². The van der Waals surface area contributed by atoms with E-state index >= 15 is 0 Å². The van der Waals surface area contributed by atoms with Gasteiger partial charge in [-0.25, -0.2) is 0 Å². The zero-order valence-electron chi connectivity index (χ0n) is 11.0. The molecule has 2 rings (SSSR count). The van der Waals surface area contributed by atoms with Crippen LogP contribution in [-0.4, -0.2) is 25.7 Å². The second-order valence-corrected chi connectivity index (χ2v) is 4.90. The van der Waals surface area contributed by atoms with Gasteiger partial charge < -0.3 is 10.2 Å². The minimum absolute atomic E-state index is 0.407. The summed E-state index contributed by atoms with van der Waals surface area (Å²) < 4.78 is 37.6. The van der Waals surface area contributed by atoms with Gasteiger partial charge >= 0.3 is 6.18 Å². The van der Waals surface area contributed by atoms with Crippen LogP contribution in [0.4, 0.5) is 18.9 Å². The molecule has 1 aromatic rings. The molecule has 0 bridgehead atoms. The van der Waals surface area contributed by atoms with Crippen molar-refractivity contribution >= 4 is 5.69 Å². The Hall–Kier alpha value is -1.23. The lowest BCUT2D eigenvalue weighted by atomic mass is 10.1. The van der Waals surface area contributed by atoms with E-state index in [9.17, 15) is 13.2 Å². The minimum atomic E-state index is -4.26. The Balaban J connectivity index is 2.12. The highest BCUT2D eigenvalue weighted by atomic mass is 19.4. The number of alkyl halides is 3. The summed E-state index contributed by atoms with van der Waals surface area (Å²) in [5.41, 5.74) is 0.284. The predicted molar refractivity (Wildman–Crippen MR) is 70.4 cm³/mol. The average Bonchev–Trinajstić information content (AvgIpc) is 2.63. The molecule has 2 nitrogen and oxygen atoms in total. The van der Waals surface area contributed by atoms with E-state index in [1.54, 1.807) is 12.1 Å². The van der Waals surface area contributed by atoms with E-state index in [1.165, 1.54) is 0 Å². The molecular weight excluding hydrogens is 253 g/mol. The zero-order chi connectivity index (χ0) is 13.9. The molecule has 1 heterocycles. The maximum atomic E-state index is 12.5. The van der Waals surface area contributed by atoms with Crippen LogP contribution in [0.5, 0.6) is 0 Å². The van der Waals surface area contributed by atoms with Crippen molar-refractivity contribution in [3.8, 4) is 0 Å². The lowest BCUT2D eigenvalue weighted by Gasteiger charge is -2.26. The van der Waals surface area contributed by atoms with Crippen molar-refractivity contribution in [2.75, 3.05) is 24.5 Å². The molecule has 1 fully saturated rings. The van der Waals surface area contributed by atoms with Gasteiger partial charge in [-0.1, -0.05) is 6.92 Å². The first-order chi connectivity index (χ1) is 9.00. The summed E-state index contributed by atoms with van der Waals surface area (Å²) in [6.07, 6.45) is -2.22. The number of nitrogens with zero attached hydrogens (tertiary/aromatic N) is 1. The molecule has 19 heavy (non-hydrogen) atoms. The third-order valence-corrected chi connectivity index (χ3v) is 3.53. The summed E-state index contributed by atoms with van der Waals surface area (Å²) in [4.78, 5) is 2.16. The highest BCUT2D eigenvalue weighted by Gasteiger charge is 2.30. The number of hydrogen-bond acceptors (Lipinski definition) is 2. The summed E-state index contributed by atoms with van der Waals surface area (Å²) in [5.74, 6) is 0. The van der Waals surface area contributed by atoms with Gasteiger partial charge in [-0.2, -0.15) is 13.2 Å². The van der Waals surface area contributed by atoms with Gasteiger partial charge in [0, 0.05) is 24.8 Å². The summed E-state index contributed by atoms with van der Waals surface area (Å²) in [6.45, 7) is 4.82. The molecule has 106 valence electrons. The van der Waals surface area contributed by atoms with Crippen molar-refractivity contribution in [1.29, 1.82) is 0 Å². The van der Waals surface area contributed by atoms with Crippen LogP contribution in [0.3, 0.4) is 0 Å². The van der Waals surface area contributed by atoms with Gasteiger partial charge in [-0.15, -0.1) is 0 Å². The second kappa shape index (κ2) is 5.82. The van der Waals surface area contributed by atoms with Gasteiger partial charge in [0.2, 0.25) is 0 Å². The lowest BCUT2D eigenvalue weighted by molar-refractivity contribution is -0.137. The maximum absolute atomic E-state index is 12.5. The van der Waals surface area contributed by atoms with E-state index < -0.39 is 11.7 Å². The van der Waals surface area contributed by atoms with Crippen molar-refractivity contribution in [3.63, 3.8) is 0 Å². The molecule has 1 atom stereocenters. The molecular formula is C14H19F3N2. The molecule has 1 aromatic carbocycles. The van der Waals surface area contributed by atoms with Crippen molar-refractivity contribution in [2.24, 2.45) is 0 Å². The third-order valence-electron chi connectivity index (χ3n) is 3.53. The minimum Gasteiger partial charge on any atom is -0.370 e. The summed E-state index contributed by atoms with van der Waals surface area (Å²) in [7, 11) is 0. The Labute approximate surface area is 111 Å². The zero-order valence-corrected chi connectivity index (χ0v) is 11.0. The number of hydrogen-bond donors (Lipinski definition) is 1. The number of benzene rings is 1. The van der Waals surface area contributed by atoms with Crippen LogP contribution in [0.15, 0.2) is 24.3 Å². The van der Waals surface area contributed by atoms with Gasteiger partial charge in [0.1, 0.15) is 0 Å². The van der Waals surface area contributed by atoms with Crippen LogP contribution in [0, 0.1) is 0 Å². The monoisotopic (exact) mass is 272 g/mol. The van der Waals surface area contributed by atoms with Gasteiger partial charge in [0.15, 0.2) is 0 Å². The van der Waals surface area contributed by atoms with Crippen molar-refractivity contribution in [2.45, 2.75) is 32.0 Å². The molecule has 0 amide bonds. The number of anilines is 1. The SMILES string of the molecule is CCC1CN(c2ccc(C(F)(F)F)cc2)CCCN1. The smallest absolute Gasteiger partial charge is 0.370 e. The maximum Gasteiger partial charge on any atom is 0.416 e. The van der Waals surface area contributed by atoms with Crippen LogP contribution in [-0.2, 0) is 6.18 Å². The lowest BCUT2D eigenvalue weighted by Crippen LogP contribution is -2.37. The first kappa shape index (κ1) is 14.2. The fraction of sp³-hybridized carbons (Fsp3) is 0.571. The molecule has 0 radical (unpaired) electrons. The molecule has 0 aromatic heterocycles.